The highest BCUT2D eigenvalue weighted by molar-refractivity contribution is 6.33. The number of nitrogen functional groups attached to an aromatic ring is 1. The monoisotopic (exact) mass is 240 g/mol. The molecule has 2 nitrogen and oxygen atoms in total. The van der Waals surface area contributed by atoms with Crippen LogP contribution in [-0.4, -0.2) is 4.98 Å². The quantitative estimate of drug-likeness (QED) is 0.831. The van der Waals surface area contributed by atoms with Crippen LogP contribution in [0, 0.1) is 11.6 Å². The maximum Gasteiger partial charge on any atom is 0.159 e. The molecule has 2 aromatic rings. The fraction of sp³-hybridized carbons (Fsp3) is 0. The molecule has 0 bridgehead atoms. The van der Waals surface area contributed by atoms with Crippen LogP contribution in [0.5, 0.6) is 0 Å². The molecule has 2 N–H and O–H groups in total. The molecule has 0 saturated carbocycles. The van der Waals surface area contributed by atoms with Crippen molar-refractivity contribution in [2.75, 3.05) is 5.73 Å². The van der Waals surface area contributed by atoms with E-state index < -0.39 is 11.6 Å². The Morgan fingerprint density at radius 3 is 2.50 bits per heavy atom. The number of rotatable bonds is 1. The molecule has 82 valence electrons. The molecule has 1 heterocycles. The highest BCUT2D eigenvalue weighted by Gasteiger charge is 2.08. The van der Waals surface area contributed by atoms with Crippen molar-refractivity contribution >= 4 is 17.4 Å². The lowest BCUT2D eigenvalue weighted by molar-refractivity contribution is 0.509. The van der Waals surface area contributed by atoms with E-state index in [9.17, 15) is 8.78 Å². The predicted octanol–water partition coefficient (Wildman–Crippen LogP) is 3.26. The van der Waals surface area contributed by atoms with Crippen LogP contribution >= 0.6 is 11.6 Å². The van der Waals surface area contributed by atoms with Gasteiger partial charge in [-0.2, -0.15) is 0 Å². The zero-order valence-electron chi connectivity index (χ0n) is 8.05. The highest BCUT2D eigenvalue weighted by atomic mass is 35.5. The number of nitrogens with zero attached hydrogens (tertiary/aromatic N) is 1. The van der Waals surface area contributed by atoms with E-state index in [0.717, 1.165) is 12.1 Å². The minimum Gasteiger partial charge on any atom is -0.384 e. The van der Waals surface area contributed by atoms with Crippen LogP contribution in [0.15, 0.2) is 30.5 Å². The third kappa shape index (κ3) is 1.97. The Morgan fingerprint density at radius 1 is 1.12 bits per heavy atom. The van der Waals surface area contributed by atoms with Crippen LogP contribution in [0.3, 0.4) is 0 Å². The first-order valence-corrected chi connectivity index (χ1v) is 4.82. The summed E-state index contributed by atoms with van der Waals surface area (Å²) in [6, 6.07) is 4.99. The Kier molecular flexibility index (Phi) is 2.75. The van der Waals surface area contributed by atoms with Crippen LogP contribution in [0.4, 0.5) is 14.6 Å². The van der Waals surface area contributed by atoms with Crippen molar-refractivity contribution in [2.24, 2.45) is 0 Å². The molecule has 0 fully saturated rings. The predicted molar refractivity (Wildman–Crippen MR) is 59.0 cm³/mol. The Balaban J connectivity index is 2.54. The highest BCUT2D eigenvalue weighted by Crippen LogP contribution is 2.28. The average molecular weight is 241 g/mol. The Labute approximate surface area is 95.7 Å². The van der Waals surface area contributed by atoms with E-state index in [1.165, 1.54) is 18.3 Å². The van der Waals surface area contributed by atoms with Crippen LogP contribution in [0.1, 0.15) is 0 Å². The Morgan fingerprint density at radius 2 is 1.88 bits per heavy atom. The number of benzene rings is 1. The molecule has 0 aliphatic heterocycles. The molecular weight excluding hydrogens is 234 g/mol. The number of halogens is 3. The van der Waals surface area contributed by atoms with E-state index in [-0.39, 0.29) is 5.82 Å². The number of aromatic nitrogens is 1. The van der Waals surface area contributed by atoms with Crippen molar-refractivity contribution < 1.29 is 8.78 Å². The van der Waals surface area contributed by atoms with Crippen LogP contribution in [-0.2, 0) is 0 Å². The summed E-state index contributed by atoms with van der Waals surface area (Å²) in [5.74, 6) is -1.55. The zero-order chi connectivity index (χ0) is 11.7. The standard InChI is InChI=1S/C11H7ClF2N2/c12-8-4-11(15)16-5-7(8)6-1-2-9(13)10(14)3-6/h1-5H,(H2,15,16). The number of pyridine rings is 1. The van der Waals surface area contributed by atoms with Gasteiger partial charge >= 0.3 is 0 Å². The van der Waals surface area contributed by atoms with Crippen molar-refractivity contribution in [1.82, 2.24) is 4.98 Å². The third-order valence-corrected chi connectivity index (χ3v) is 2.42. The van der Waals surface area contributed by atoms with Crippen molar-refractivity contribution in [2.45, 2.75) is 0 Å². The Bertz CT molecular complexity index is 544. The second-order valence-corrected chi connectivity index (χ2v) is 3.63. The first-order valence-electron chi connectivity index (χ1n) is 4.44. The lowest BCUT2D eigenvalue weighted by Gasteiger charge is -2.05. The normalized spacial score (nSPS) is 10.4. The van der Waals surface area contributed by atoms with Crippen LogP contribution < -0.4 is 5.73 Å². The third-order valence-electron chi connectivity index (χ3n) is 2.11. The fourth-order valence-electron chi connectivity index (χ4n) is 1.32. The van der Waals surface area contributed by atoms with E-state index in [2.05, 4.69) is 4.98 Å². The molecule has 1 aromatic carbocycles. The van der Waals surface area contributed by atoms with E-state index in [0.29, 0.717) is 16.1 Å². The molecule has 0 aliphatic rings. The van der Waals surface area contributed by atoms with Gasteiger partial charge in [-0.1, -0.05) is 17.7 Å². The molecule has 1 aromatic heterocycles. The minimum absolute atomic E-state index is 0.274. The van der Waals surface area contributed by atoms with Crippen molar-refractivity contribution in [3.8, 4) is 11.1 Å². The van der Waals surface area contributed by atoms with Crippen LogP contribution in [0.2, 0.25) is 5.02 Å². The first-order chi connectivity index (χ1) is 7.58. The van der Waals surface area contributed by atoms with Crippen molar-refractivity contribution in [1.29, 1.82) is 0 Å². The summed E-state index contributed by atoms with van der Waals surface area (Å²) in [6.07, 6.45) is 1.42. The largest absolute Gasteiger partial charge is 0.384 e. The molecule has 16 heavy (non-hydrogen) atoms. The average Bonchev–Trinajstić information content (AvgIpc) is 2.22. The zero-order valence-corrected chi connectivity index (χ0v) is 8.80. The molecule has 2 rings (SSSR count). The Hall–Kier alpha value is -1.68. The first kappa shape index (κ1) is 10.8. The number of hydrogen-bond donors (Lipinski definition) is 1. The number of hydrogen-bond acceptors (Lipinski definition) is 2. The van der Waals surface area contributed by atoms with Gasteiger partial charge in [0.15, 0.2) is 11.6 Å². The van der Waals surface area contributed by atoms with E-state index >= 15 is 0 Å². The van der Waals surface area contributed by atoms with Gasteiger partial charge in [0, 0.05) is 11.8 Å². The van der Waals surface area contributed by atoms with Crippen LogP contribution in [0.25, 0.3) is 11.1 Å². The fourth-order valence-corrected chi connectivity index (χ4v) is 1.59. The minimum atomic E-state index is -0.926. The SMILES string of the molecule is Nc1cc(Cl)c(-c2ccc(F)c(F)c2)cn1. The lowest BCUT2D eigenvalue weighted by atomic mass is 10.1. The summed E-state index contributed by atoms with van der Waals surface area (Å²) in [5, 5.41) is 0.346. The van der Waals surface area contributed by atoms with Gasteiger partial charge in [0.05, 0.1) is 5.02 Å². The van der Waals surface area contributed by atoms with Gasteiger partial charge < -0.3 is 5.73 Å². The molecule has 0 saturated heterocycles. The summed E-state index contributed by atoms with van der Waals surface area (Å²) in [5.41, 5.74) is 6.39. The number of anilines is 1. The van der Waals surface area contributed by atoms with Gasteiger partial charge in [-0.15, -0.1) is 0 Å². The van der Waals surface area contributed by atoms with Gasteiger partial charge in [0.1, 0.15) is 5.82 Å². The second-order valence-electron chi connectivity index (χ2n) is 3.22. The molecular formula is C11H7ClF2N2. The molecule has 0 amide bonds. The molecule has 0 atom stereocenters. The molecule has 0 aliphatic carbocycles. The van der Waals surface area contributed by atoms with Gasteiger partial charge in [-0.05, 0) is 23.8 Å². The van der Waals surface area contributed by atoms with Gasteiger partial charge in [-0.3, -0.25) is 0 Å². The smallest absolute Gasteiger partial charge is 0.159 e. The summed E-state index contributed by atoms with van der Waals surface area (Å²) in [4.78, 5) is 3.85. The summed E-state index contributed by atoms with van der Waals surface area (Å²) >= 11 is 5.92. The maximum absolute atomic E-state index is 13.0. The number of nitrogens with two attached hydrogens (primary N) is 1. The van der Waals surface area contributed by atoms with Crippen molar-refractivity contribution in [3.05, 3.63) is 47.1 Å². The molecule has 0 unspecified atom stereocenters. The lowest BCUT2D eigenvalue weighted by Crippen LogP contribution is -1.91. The molecule has 0 radical (unpaired) electrons. The van der Waals surface area contributed by atoms with Gasteiger partial charge in [0.2, 0.25) is 0 Å². The maximum atomic E-state index is 13.0. The van der Waals surface area contributed by atoms with E-state index in [4.69, 9.17) is 17.3 Å². The van der Waals surface area contributed by atoms with Gasteiger partial charge in [-0.25, -0.2) is 13.8 Å². The molecule has 5 heteroatoms. The summed E-state index contributed by atoms with van der Waals surface area (Å²) < 4.78 is 25.7. The molecule has 0 spiro atoms. The van der Waals surface area contributed by atoms with Gasteiger partial charge in [0.25, 0.3) is 0 Å². The summed E-state index contributed by atoms with van der Waals surface area (Å²) in [7, 11) is 0. The van der Waals surface area contributed by atoms with Crippen molar-refractivity contribution in [3.63, 3.8) is 0 Å². The topological polar surface area (TPSA) is 38.9 Å². The summed E-state index contributed by atoms with van der Waals surface area (Å²) in [6.45, 7) is 0. The second kappa shape index (κ2) is 4.06. The van der Waals surface area contributed by atoms with E-state index in [1.54, 1.807) is 0 Å². The van der Waals surface area contributed by atoms with E-state index in [1.807, 2.05) is 0 Å².